The van der Waals surface area contributed by atoms with Crippen LogP contribution in [0.5, 0.6) is 0 Å². The second kappa shape index (κ2) is 3.44. The normalized spacial score (nSPS) is 14.0. The van der Waals surface area contributed by atoms with E-state index in [1.807, 2.05) is 26.0 Å². The van der Waals surface area contributed by atoms with Gasteiger partial charge in [-0.1, -0.05) is 12.2 Å². The fourth-order valence-corrected chi connectivity index (χ4v) is 1.63. The quantitative estimate of drug-likeness (QED) is 0.572. The maximum absolute atomic E-state index is 10.3. The summed E-state index contributed by atoms with van der Waals surface area (Å²) in [6.45, 7) is 3.85. The van der Waals surface area contributed by atoms with Crippen molar-refractivity contribution in [2.24, 2.45) is 0 Å². The minimum atomic E-state index is 0.547. The van der Waals surface area contributed by atoms with E-state index in [1.165, 1.54) is 11.3 Å². The summed E-state index contributed by atoms with van der Waals surface area (Å²) in [5.74, 6) is 0. The predicted molar refractivity (Wildman–Crippen MR) is 47.0 cm³/mol. The van der Waals surface area contributed by atoms with Crippen LogP contribution in [-0.4, -0.2) is 11.3 Å². The van der Waals surface area contributed by atoms with Crippen LogP contribution in [0.25, 0.3) is 12.2 Å². The maximum atomic E-state index is 10.3. The minimum Gasteiger partial charge on any atom is -0.295 e. The number of aromatic nitrogens is 1. The molecule has 0 fully saturated rings. The molecule has 0 radical (unpaired) electrons. The lowest BCUT2D eigenvalue weighted by Crippen LogP contribution is -2.19. The molecule has 58 valence electrons. The van der Waals surface area contributed by atoms with Gasteiger partial charge in [0, 0.05) is 0 Å². The van der Waals surface area contributed by atoms with Crippen molar-refractivity contribution in [2.75, 3.05) is 0 Å². The number of nitrogens with zero attached hydrogens (tertiary/aromatic N) is 1. The smallest absolute Gasteiger partial charge is 0.178 e. The maximum Gasteiger partial charge on any atom is 0.178 e. The Kier molecular flexibility index (Phi) is 2.54. The van der Waals surface area contributed by atoms with Gasteiger partial charge >= 0.3 is 0 Å². The molecule has 0 aliphatic rings. The average molecular weight is 167 g/mol. The van der Waals surface area contributed by atoms with Crippen molar-refractivity contribution in [1.82, 2.24) is 4.98 Å². The van der Waals surface area contributed by atoms with Gasteiger partial charge in [0.25, 0.3) is 0 Å². The van der Waals surface area contributed by atoms with Gasteiger partial charge in [0.1, 0.15) is 0 Å². The van der Waals surface area contributed by atoms with Crippen LogP contribution in [0.3, 0.4) is 0 Å². The van der Waals surface area contributed by atoms with Crippen molar-refractivity contribution in [3.05, 3.63) is 14.9 Å². The molecule has 1 aromatic rings. The summed E-state index contributed by atoms with van der Waals surface area (Å²) in [6.07, 6.45) is 4.64. The van der Waals surface area contributed by atoms with E-state index in [-0.39, 0.29) is 0 Å². The third-order valence-electron chi connectivity index (χ3n) is 1.33. The summed E-state index contributed by atoms with van der Waals surface area (Å²) in [5.41, 5.74) is 0. The Labute approximate surface area is 68.9 Å². The van der Waals surface area contributed by atoms with Crippen molar-refractivity contribution >= 4 is 29.8 Å². The van der Waals surface area contributed by atoms with Gasteiger partial charge in [-0.2, -0.15) is 0 Å². The topological polar surface area (TPSA) is 30.0 Å². The van der Waals surface area contributed by atoms with Crippen LogP contribution in [0.15, 0.2) is 0 Å². The molecule has 1 heterocycles. The molecule has 0 saturated carbocycles. The number of aldehydes is 1. The van der Waals surface area contributed by atoms with Gasteiger partial charge in [-0.3, -0.25) is 4.79 Å². The Bertz CT molecular complexity index is 332. The van der Waals surface area contributed by atoms with Crippen LogP contribution in [0.2, 0.25) is 0 Å². The first-order chi connectivity index (χ1) is 5.31. The number of thiazole rings is 1. The lowest BCUT2D eigenvalue weighted by molar-refractivity contribution is 0.112. The number of rotatable bonds is 1. The third-order valence-corrected chi connectivity index (χ3v) is 2.40. The first-order valence-corrected chi connectivity index (χ1v) is 4.18. The molecule has 3 heteroatoms. The van der Waals surface area contributed by atoms with Crippen molar-refractivity contribution in [1.29, 1.82) is 0 Å². The molecule has 1 rings (SSSR count). The molecule has 2 nitrogen and oxygen atoms in total. The largest absolute Gasteiger partial charge is 0.295 e. The molecule has 0 amide bonds. The second-order valence-corrected chi connectivity index (χ2v) is 3.06. The predicted octanol–water partition coefficient (Wildman–Crippen LogP) is 0.556. The molecule has 1 aromatic heterocycles. The molecule has 0 aromatic carbocycles. The Morgan fingerprint density at radius 3 is 2.45 bits per heavy atom. The highest BCUT2D eigenvalue weighted by Gasteiger charge is 1.94. The van der Waals surface area contributed by atoms with Gasteiger partial charge in [-0.25, -0.2) is 4.98 Å². The summed E-state index contributed by atoms with van der Waals surface area (Å²) in [7, 11) is 0. The molecule has 0 aliphatic carbocycles. The van der Waals surface area contributed by atoms with Crippen LogP contribution in [0.1, 0.15) is 23.6 Å². The molecule has 11 heavy (non-hydrogen) atoms. The molecule has 0 N–H and O–H groups in total. The summed E-state index contributed by atoms with van der Waals surface area (Å²) in [6, 6.07) is 0. The van der Waals surface area contributed by atoms with Crippen LogP contribution in [-0.2, 0) is 0 Å². The summed E-state index contributed by atoms with van der Waals surface area (Å²) in [5, 5.41) is 1.45. The highest BCUT2D eigenvalue weighted by atomic mass is 32.1. The molecule has 0 atom stereocenters. The van der Waals surface area contributed by atoms with E-state index >= 15 is 0 Å². The second-order valence-electron chi connectivity index (χ2n) is 2.00. The van der Waals surface area contributed by atoms with Gasteiger partial charge in [0.15, 0.2) is 11.3 Å². The third kappa shape index (κ3) is 1.54. The molecule has 0 saturated heterocycles. The molecular weight excluding hydrogens is 158 g/mol. The fourth-order valence-electron chi connectivity index (χ4n) is 0.826. The Morgan fingerprint density at radius 1 is 1.36 bits per heavy atom. The van der Waals surface area contributed by atoms with Gasteiger partial charge in [0.05, 0.1) is 9.88 Å². The molecule has 0 spiro atoms. The van der Waals surface area contributed by atoms with E-state index in [2.05, 4.69) is 4.98 Å². The van der Waals surface area contributed by atoms with Crippen molar-refractivity contribution in [2.45, 2.75) is 13.8 Å². The zero-order valence-corrected chi connectivity index (χ0v) is 7.31. The number of hydrogen-bond acceptors (Lipinski definition) is 3. The number of hydrogen-bond donors (Lipinski definition) is 0. The monoisotopic (exact) mass is 167 g/mol. The van der Waals surface area contributed by atoms with Crippen LogP contribution in [0, 0.1) is 0 Å². The van der Waals surface area contributed by atoms with E-state index in [0.717, 1.165) is 16.2 Å². The van der Waals surface area contributed by atoms with E-state index in [4.69, 9.17) is 0 Å². The first kappa shape index (κ1) is 8.14. The van der Waals surface area contributed by atoms with Crippen molar-refractivity contribution in [3.63, 3.8) is 0 Å². The molecule has 0 bridgehead atoms. The Balaban J connectivity index is 3.49. The van der Waals surface area contributed by atoms with Gasteiger partial charge in [-0.15, -0.1) is 11.3 Å². The lowest BCUT2D eigenvalue weighted by Gasteiger charge is -1.69. The van der Waals surface area contributed by atoms with Crippen molar-refractivity contribution < 1.29 is 4.79 Å². The van der Waals surface area contributed by atoms with E-state index in [0.29, 0.717) is 5.01 Å². The standard InChI is InChI=1S/C8H9NOS/c1-3-6-7(4-2)11-8(5-10)9-6/h3-5H,1-2H3. The minimum absolute atomic E-state index is 0.547. The van der Waals surface area contributed by atoms with Crippen LogP contribution in [0.4, 0.5) is 0 Å². The fraction of sp³-hybridized carbons (Fsp3) is 0.250. The van der Waals surface area contributed by atoms with Gasteiger partial charge in [0.2, 0.25) is 0 Å². The Hall–Kier alpha value is -0.960. The zero-order valence-electron chi connectivity index (χ0n) is 6.50. The van der Waals surface area contributed by atoms with Gasteiger partial charge in [-0.05, 0) is 13.8 Å². The summed E-state index contributed by atoms with van der Waals surface area (Å²) >= 11 is 1.42. The first-order valence-electron chi connectivity index (χ1n) is 3.36. The highest BCUT2D eigenvalue weighted by Crippen LogP contribution is 1.88. The zero-order chi connectivity index (χ0) is 8.27. The molecule has 0 aliphatic heterocycles. The van der Waals surface area contributed by atoms with E-state index in [1.54, 1.807) is 0 Å². The van der Waals surface area contributed by atoms with Gasteiger partial charge < -0.3 is 0 Å². The SMILES string of the molecule is CC=c1nc(C=O)sc1=CC. The summed E-state index contributed by atoms with van der Waals surface area (Å²) in [4.78, 5) is 14.4. The number of carbonyl (C=O) groups is 1. The molecular formula is C8H9NOS. The van der Waals surface area contributed by atoms with Crippen molar-refractivity contribution in [3.8, 4) is 0 Å². The summed E-state index contributed by atoms with van der Waals surface area (Å²) < 4.78 is 1.06. The number of carbonyl (C=O) groups excluding carboxylic acids is 1. The van der Waals surface area contributed by atoms with Crippen LogP contribution >= 0.6 is 11.3 Å². The lowest BCUT2D eigenvalue weighted by atomic mass is 10.5. The average Bonchev–Trinajstić information content (AvgIpc) is 2.46. The van der Waals surface area contributed by atoms with E-state index < -0.39 is 0 Å². The van der Waals surface area contributed by atoms with Crippen LogP contribution < -0.4 is 9.88 Å². The Morgan fingerprint density at radius 2 is 2.09 bits per heavy atom. The highest BCUT2D eigenvalue weighted by molar-refractivity contribution is 7.11. The van der Waals surface area contributed by atoms with E-state index in [9.17, 15) is 4.79 Å². The molecule has 0 unspecified atom stereocenters.